The Bertz CT molecular complexity index is 584. The van der Waals surface area contributed by atoms with Crippen molar-refractivity contribution in [3.63, 3.8) is 0 Å². The molecule has 0 saturated heterocycles. The number of rotatable bonds is 5. The second kappa shape index (κ2) is 6.23. The summed E-state index contributed by atoms with van der Waals surface area (Å²) >= 11 is 0. The van der Waals surface area contributed by atoms with E-state index in [-0.39, 0.29) is 0 Å². The van der Waals surface area contributed by atoms with Gasteiger partial charge in [0.15, 0.2) is 0 Å². The Hall–Kier alpha value is -1.61. The molecule has 0 aliphatic heterocycles. The molecule has 0 aliphatic rings. The van der Waals surface area contributed by atoms with Gasteiger partial charge in [0.05, 0.1) is 11.9 Å². The maximum Gasteiger partial charge on any atom is 0.0680 e. The van der Waals surface area contributed by atoms with Crippen molar-refractivity contribution < 1.29 is 0 Å². The van der Waals surface area contributed by atoms with E-state index in [4.69, 9.17) is 0 Å². The van der Waals surface area contributed by atoms with Gasteiger partial charge in [-0.3, -0.25) is 0 Å². The van der Waals surface area contributed by atoms with Crippen LogP contribution < -0.4 is 5.32 Å². The molecule has 0 saturated carbocycles. The summed E-state index contributed by atoms with van der Waals surface area (Å²) in [6.07, 6.45) is 3.12. The van der Waals surface area contributed by atoms with Gasteiger partial charge >= 0.3 is 0 Å². The van der Waals surface area contributed by atoms with Gasteiger partial charge in [-0.05, 0) is 51.3 Å². The molecule has 1 aromatic carbocycles. The minimum absolute atomic E-state index is 0.540. The van der Waals surface area contributed by atoms with Crippen LogP contribution in [0.25, 0.3) is 5.69 Å². The highest BCUT2D eigenvalue weighted by Gasteiger charge is 2.10. The first-order chi connectivity index (χ1) is 9.52. The fraction of sp³-hybridized carbons (Fsp3) is 0.471. The van der Waals surface area contributed by atoms with Gasteiger partial charge in [-0.1, -0.05) is 19.1 Å². The summed E-state index contributed by atoms with van der Waals surface area (Å²) < 4.78 is 2.05. The van der Waals surface area contributed by atoms with Crippen LogP contribution in [0.5, 0.6) is 0 Å². The predicted octanol–water partition coefficient (Wildman–Crippen LogP) is 3.69. The van der Waals surface area contributed by atoms with Crippen molar-refractivity contribution in [2.75, 3.05) is 0 Å². The lowest BCUT2D eigenvalue weighted by Crippen LogP contribution is -2.24. The van der Waals surface area contributed by atoms with Gasteiger partial charge in [0.25, 0.3) is 0 Å². The van der Waals surface area contributed by atoms with Crippen LogP contribution in [-0.4, -0.2) is 15.8 Å². The highest BCUT2D eigenvalue weighted by molar-refractivity contribution is 5.44. The molecule has 108 valence electrons. The summed E-state index contributed by atoms with van der Waals surface area (Å²) in [5.74, 6) is 0. The zero-order chi connectivity index (χ0) is 14.7. The lowest BCUT2D eigenvalue weighted by atomic mass is 10.1. The SMILES string of the molecule is CCC(C)NCc1cnn(-c2cc(C)ccc2C)c1C. The molecule has 3 nitrogen and oxygen atoms in total. The standard InChI is InChI=1S/C17H25N3/c1-6-14(4)18-10-16-11-19-20(15(16)5)17-9-12(2)7-8-13(17)3/h7-9,11,14,18H,6,10H2,1-5H3. The van der Waals surface area contributed by atoms with E-state index in [1.165, 1.54) is 28.1 Å². The molecule has 0 spiro atoms. The molecule has 20 heavy (non-hydrogen) atoms. The third kappa shape index (κ3) is 3.10. The molecule has 2 rings (SSSR count). The van der Waals surface area contributed by atoms with Crippen LogP contribution in [0.3, 0.4) is 0 Å². The van der Waals surface area contributed by atoms with Crippen molar-refractivity contribution in [1.29, 1.82) is 0 Å². The Morgan fingerprint density at radius 2 is 2.00 bits per heavy atom. The zero-order valence-corrected chi connectivity index (χ0v) is 13.2. The number of benzene rings is 1. The Labute approximate surface area is 122 Å². The fourth-order valence-electron chi connectivity index (χ4n) is 2.24. The predicted molar refractivity (Wildman–Crippen MR) is 84.4 cm³/mol. The quantitative estimate of drug-likeness (QED) is 0.899. The van der Waals surface area contributed by atoms with Crippen LogP contribution >= 0.6 is 0 Å². The maximum absolute atomic E-state index is 4.57. The highest BCUT2D eigenvalue weighted by atomic mass is 15.3. The van der Waals surface area contributed by atoms with E-state index in [1.807, 2.05) is 6.20 Å². The van der Waals surface area contributed by atoms with E-state index >= 15 is 0 Å². The molecule has 2 aromatic rings. The lowest BCUT2D eigenvalue weighted by molar-refractivity contribution is 0.533. The van der Waals surface area contributed by atoms with Crippen LogP contribution in [-0.2, 0) is 6.54 Å². The van der Waals surface area contributed by atoms with E-state index in [1.54, 1.807) is 0 Å². The normalized spacial score (nSPS) is 12.7. The minimum atomic E-state index is 0.540. The first-order valence-corrected chi connectivity index (χ1v) is 7.37. The first kappa shape index (κ1) is 14.8. The van der Waals surface area contributed by atoms with Crippen molar-refractivity contribution in [3.05, 3.63) is 46.8 Å². The molecule has 0 fully saturated rings. The molecule has 1 unspecified atom stereocenters. The third-order valence-electron chi connectivity index (χ3n) is 3.96. The van der Waals surface area contributed by atoms with Crippen LogP contribution in [0, 0.1) is 20.8 Å². The molecule has 0 bridgehead atoms. The Balaban J connectivity index is 2.26. The summed E-state index contributed by atoms with van der Waals surface area (Å²) in [6, 6.07) is 7.03. The number of hydrogen-bond acceptors (Lipinski definition) is 2. The lowest BCUT2D eigenvalue weighted by Gasteiger charge is -2.12. The van der Waals surface area contributed by atoms with Crippen LogP contribution in [0.15, 0.2) is 24.4 Å². The van der Waals surface area contributed by atoms with Crippen LogP contribution in [0.4, 0.5) is 0 Å². The summed E-state index contributed by atoms with van der Waals surface area (Å²) in [5, 5.41) is 8.10. The molecule has 1 atom stereocenters. The zero-order valence-electron chi connectivity index (χ0n) is 13.2. The summed E-state index contributed by atoms with van der Waals surface area (Å²) in [5.41, 5.74) is 6.18. The minimum Gasteiger partial charge on any atom is -0.310 e. The summed E-state index contributed by atoms with van der Waals surface area (Å²) in [7, 11) is 0. The molecular weight excluding hydrogens is 246 g/mol. The van der Waals surface area contributed by atoms with Crippen LogP contribution in [0.2, 0.25) is 0 Å². The summed E-state index contributed by atoms with van der Waals surface area (Å²) in [6.45, 7) is 11.7. The van der Waals surface area contributed by atoms with Gasteiger partial charge in [-0.15, -0.1) is 0 Å². The molecule has 3 heteroatoms. The molecule has 1 N–H and O–H groups in total. The second-order valence-electron chi connectivity index (χ2n) is 5.65. The van der Waals surface area contributed by atoms with Crippen molar-refractivity contribution in [3.8, 4) is 5.69 Å². The third-order valence-corrected chi connectivity index (χ3v) is 3.96. The summed E-state index contributed by atoms with van der Waals surface area (Å²) in [4.78, 5) is 0. The van der Waals surface area contributed by atoms with Crippen molar-refractivity contribution in [2.24, 2.45) is 0 Å². The van der Waals surface area contributed by atoms with Gasteiger partial charge in [0.2, 0.25) is 0 Å². The average molecular weight is 271 g/mol. The van der Waals surface area contributed by atoms with E-state index < -0.39 is 0 Å². The Morgan fingerprint density at radius 3 is 2.70 bits per heavy atom. The van der Waals surface area contributed by atoms with Gasteiger partial charge in [-0.25, -0.2) is 4.68 Å². The topological polar surface area (TPSA) is 29.9 Å². The number of aromatic nitrogens is 2. The number of nitrogens with one attached hydrogen (secondary N) is 1. The van der Waals surface area contributed by atoms with Crippen LogP contribution in [0.1, 0.15) is 42.7 Å². The van der Waals surface area contributed by atoms with E-state index in [0.29, 0.717) is 6.04 Å². The van der Waals surface area contributed by atoms with Crippen molar-refractivity contribution in [2.45, 2.75) is 53.6 Å². The molecule has 1 aromatic heterocycles. The molecule has 1 heterocycles. The first-order valence-electron chi connectivity index (χ1n) is 7.37. The van der Waals surface area contributed by atoms with Gasteiger partial charge in [0.1, 0.15) is 0 Å². The number of aryl methyl sites for hydroxylation is 2. The van der Waals surface area contributed by atoms with Gasteiger partial charge < -0.3 is 5.32 Å². The second-order valence-corrected chi connectivity index (χ2v) is 5.65. The van der Waals surface area contributed by atoms with E-state index in [0.717, 1.165) is 13.0 Å². The highest BCUT2D eigenvalue weighted by Crippen LogP contribution is 2.19. The monoisotopic (exact) mass is 271 g/mol. The van der Waals surface area contributed by atoms with E-state index in [9.17, 15) is 0 Å². The van der Waals surface area contributed by atoms with Crippen molar-refractivity contribution >= 4 is 0 Å². The Morgan fingerprint density at radius 1 is 1.25 bits per heavy atom. The van der Waals surface area contributed by atoms with Crippen molar-refractivity contribution in [1.82, 2.24) is 15.1 Å². The molecule has 0 aliphatic carbocycles. The largest absolute Gasteiger partial charge is 0.310 e. The van der Waals surface area contributed by atoms with E-state index in [2.05, 4.69) is 67.9 Å². The average Bonchev–Trinajstić information content (AvgIpc) is 2.80. The molecule has 0 amide bonds. The smallest absolute Gasteiger partial charge is 0.0680 e. The van der Waals surface area contributed by atoms with Gasteiger partial charge in [0, 0.05) is 23.8 Å². The number of nitrogens with zero attached hydrogens (tertiary/aromatic N) is 2. The Kier molecular flexibility index (Phi) is 4.61. The van der Waals surface area contributed by atoms with Gasteiger partial charge in [-0.2, -0.15) is 5.10 Å². The maximum atomic E-state index is 4.57. The molecule has 0 radical (unpaired) electrons. The number of hydrogen-bond donors (Lipinski definition) is 1. The molecular formula is C17H25N3. The fourth-order valence-corrected chi connectivity index (χ4v) is 2.24.